The zero-order valence-electron chi connectivity index (χ0n) is 14.1. The van der Waals surface area contributed by atoms with Gasteiger partial charge in [0, 0.05) is 5.56 Å². The van der Waals surface area contributed by atoms with Crippen LogP contribution in [0.25, 0.3) is 0 Å². The lowest BCUT2D eigenvalue weighted by molar-refractivity contribution is -0.134. The van der Waals surface area contributed by atoms with E-state index in [1.165, 1.54) is 18.2 Å². The number of aliphatic imine (C=N–C) groups is 1. The van der Waals surface area contributed by atoms with E-state index >= 15 is 0 Å². The third-order valence-electron chi connectivity index (χ3n) is 3.71. The van der Waals surface area contributed by atoms with Gasteiger partial charge in [0.05, 0.1) is 17.2 Å². The third-order valence-corrected chi connectivity index (χ3v) is 4.91. The van der Waals surface area contributed by atoms with E-state index in [0.29, 0.717) is 5.56 Å². The molecule has 3 rings (SSSR count). The Morgan fingerprint density at radius 3 is 2.41 bits per heavy atom. The van der Waals surface area contributed by atoms with Gasteiger partial charge in [0.2, 0.25) is 10.2 Å². The molecule has 0 N–H and O–H groups in total. The molecule has 2 aromatic rings. The lowest BCUT2D eigenvalue weighted by Crippen LogP contribution is -2.28. The molecule has 0 saturated carbocycles. The van der Waals surface area contributed by atoms with Crippen LogP contribution in [0.1, 0.15) is 27.6 Å². The van der Waals surface area contributed by atoms with E-state index in [-0.39, 0.29) is 28.7 Å². The molecular weight excluding hydrogens is 438 g/mol. The number of hydrogen-bond donors (Lipinski definition) is 0. The molecule has 27 heavy (non-hydrogen) atoms. The lowest BCUT2D eigenvalue weighted by atomic mass is 10.1. The fourth-order valence-corrected chi connectivity index (χ4v) is 3.10. The van der Waals surface area contributed by atoms with Gasteiger partial charge in [-0.25, -0.2) is 14.6 Å². The number of esters is 2. The Bertz CT molecular complexity index is 960. The summed E-state index contributed by atoms with van der Waals surface area (Å²) in [6.07, 6.45) is 0. The van der Waals surface area contributed by atoms with E-state index in [0.717, 1.165) is 0 Å². The van der Waals surface area contributed by atoms with Crippen LogP contribution >= 0.6 is 27.5 Å². The van der Waals surface area contributed by atoms with Crippen LogP contribution in [0.15, 0.2) is 53.5 Å². The van der Waals surface area contributed by atoms with Gasteiger partial charge >= 0.3 is 11.9 Å². The summed E-state index contributed by atoms with van der Waals surface area (Å²) in [5.41, 5.74) is 0.586. The topological polar surface area (TPSA) is 82.0 Å². The number of ketones is 1. The van der Waals surface area contributed by atoms with Crippen LogP contribution in [-0.2, 0) is 9.53 Å². The van der Waals surface area contributed by atoms with Crippen LogP contribution in [0.3, 0.4) is 0 Å². The van der Waals surface area contributed by atoms with Crippen molar-refractivity contribution in [2.75, 3.05) is 6.61 Å². The Labute approximate surface area is 168 Å². The van der Waals surface area contributed by atoms with Crippen LogP contribution in [-0.4, -0.2) is 34.5 Å². The average Bonchev–Trinajstić information content (AvgIpc) is 3.37. The molecule has 0 fully saturated rings. The van der Waals surface area contributed by atoms with Gasteiger partial charge in [0.25, 0.3) is 0 Å². The molecule has 1 heterocycles. The quantitative estimate of drug-likeness (QED) is 0.219. The highest BCUT2D eigenvalue weighted by atomic mass is 79.9. The minimum absolute atomic E-state index is 0.00468. The summed E-state index contributed by atoms with van der Waals surface area (Å²) in [5, 5.41) is 0.0829. The number of hydrogen-bond acceptors (Lipinski definition) is 6. The predicted molar refractivity (Wildman–Crippen MR) is 103 cm³/mol. The molecule has 1 unspecified atom stereocenters. The van der Waals surface area contributed by atoms with Gasteiger partial charge < -0.3 is 9.47 Å². The Kier molecular flexibility index (Phi) is 5.43. The number of alkyl halides is 1. The summed E-state index contributed by atoms with van der Waals surface area (Å²) in [5.74, 6) is -1.56. The molecule has 138 valence electrons. The first kappa shape index (κ1) is 19.3. The molecule has 8 heteroatoms. The smallest absolute Gasteiger partial charge is 0.356 e. The maximum atomic E-state index is 12.6. The highest BCUT2D eigenvalue weighted by Crippen LogP contribution is 2.40. The number of benzene rings is 2. The summed E-state index contributed by atoms with van der Waals surface area (Å²) < 4.78 is 8.68. The standard InChI is InChI=1S/C19H13BrClNO5/c1-2-26-18(25)15-19(20,22-15)16(23)12-8-9-14(13(21)10-12)27-17(24)11-6-4-3-5-7-11/h3-10H,2H2,1H3. The van der Waals surface area contributed by atoms with Gasteiger partial charge in [-0.05, 0) is 53.2 Å². The SMILES string of the molecule is CCOC(=O)C1=NC1(Br)C(=O)c1ccc(OC(=O)c2ccccc2)c(Cl)c1. The monoisotopic (exact) mass is 449 g/mol. The van der Waals surface area contributed by atoms with Gasteiger partial charge in [-0.2, -0.15) is 0 Å². The molecule has 2 aromatic carbocycles. The number of nitrogens with zero attached hydrogens (tertiary/aromatic N) is 1. The van der Waals surface area contributed by atoms with Crippen molar-refractivity contribution in [2.45, 2.75) is 11.4 Å². The second-order valence-electron chi connectivity index (χ2n) is 5.53. The van der Waals surface area contributed by atoms with Crippen LogP contribution < -0.4 is 4.74 Å². The highest BCUT2D eigenvalue weighted by molar-refractivity contribution is 9.10. The molecule has 0 aliphatic carbocycles. The number of halogens is 2. The maximum Gasteiger partial charge on any atom is 0.356 e. The van der Waals surface area contributed by atoms with Crippen molar-refractivity contribution in [3.8, 4) is 5.75 Å². The van der Waals surface area contributed by atoms with Crippen molar-refractivity contribution in [1.82, 2.24) is 0 Å². The van der Waals surface area contributed by atoms with Crippen LogP contribution in [0.2, 0.25) is 5.02 Å². The predicted octanol–water partition coefficient (Wildman–Crippen LogP) is 3.85. The van der Waals surface area contributed by atoms with Gasteiger partial charge in [0.1, 0.15) is 5.75 Å². The third kappa shape index (κ3) is 3.94. The molecule has 1 aliphatic rings. The summed E-state index contributed by atoms with van der Waals surface area (Å²) in [6.45, 7) is 1.84. The maximum absolute atomic E-state index is 12.6. The van der Waals surface area contributed by atoms with Gasteiger partial charge in [0.15, 0.2) is 5.71 Å². The first-order valence-electron chi connectivity index (χ1n) is 7.94. The molecule has 1 aliphatic heterocycles. The second-order valence-corrected chi connectivity index (χ2v) is 7.09. The Balaban J connectivity index is 1.73. The average molecular weight is 451 g/mol. The Hall–Kier alpha value is -2.51. The lowest BCUT2D eigenvalue weighted by Gasteiger charge is -2.10. The largest absolute Gasteiger partial charge is 0.461 e. The summed E-state index contributed by atoms with van der Waals surface area (Å²) in [6, 6.07) is 12.7. The van der Waals surface area contributed by atoms with Gasteiger partial charge in [-0.3, -0.25) is 4.79 Å². The molecule has 0 aromatic heterocycles. The minimum atomic E-state index is -1.43. The van der Waals surface area contributed by atoms with E-state index in [2.05, 4.69) is 20.9 Å². The molecule has 1 atom stereocenters. The number of carbonyl (C=O) groups excluding carboxylic acids is 3. The number of ether oxygens (including phenoxy) is 2. The van der Waals surface area contributed by atoms with E-state index in [4.69, 9.17) is 21.1 Å². The van der Waals surface area contributed by atoms with Crippen molar-refractivity contribution in [2.24, 2.45) is 4.99 Å². The van der Waals surface area contributed by atoms with Crippen molar-refractivity contribution in [3.05, 3.63) is 64.7 Å². The van der Waals surface area contributed by atoms with E-state index < -0.39 is 22.2 Å². The number of Topliss-reactive ketones (excluding diaryl/α,β-unsaturated/α-hetero) is 1. The van der Waals surface area contributed by atoms with E-state index in [1.807, 2.05) is 0 Å². The summed E-state index contributed by atoms with van der Waals surface area (Å²) >= 11 is 9.31. The zero-order valence-corrected chi connectivity index (χ0v) is 16.4. The van der Waals surface area contributed by atoms with Crippen molar-refractivity contribution < 1.29 is 23.9 Å². The highest BCUT2D eigenvalue weighted by Gasteiger charge is 2.56. The fourth-order valence-electron chi connectivity index (χ4n) is 2.31. The van der Waals surface area contributed by atoms with Crippen molar-refractivity contribution in [1.29, 1.82) is 0 Å². The van der Waals surface area contributed by atoms with Crippen LogP contribution in [0, 0.1) is 0 Å². The molecule has 0 spiro atoms. The second kappa shape index (κ2) is 7.62. The van der Waals surface area contributed by atoms with E-state index in [9.17, 15) is 14.4 Å². The zero-order chi connectivity index (χ0) is 19.6. The molecule has 6 nitrogen and oxygen atoms in total. The number of rotatable bonds is 6. The van der Waals surface area contributed by atoms with E-state index in [1.54, 1.807) is 37.3 Å². The van der Waals surface area contributed by atoms with Gasteiger partial charge in [-0.1, -0.05) is 29.8 Å². The van der Waals surface area contributed by atoms with Crippen molar-refractivity contribution >= 4 is 51.0 Å². The number of carbonyl (C=O) groups is 3. The first-order valence-corrected chi connectivity index (χ1v) is 9.12. The fraction of sp³-hybridized carbons (Fsp3) is 0.158. The summed E-state index contributed by atoms with van der Waals surface area (Å²) in [4.78, 5) is 40.3. The Morgan fingerprint density at radius 2 is 1.78 bits per heavy atom. The molecule has 0 saturated heterocycles. The first-order chi connectivity index (χ1) is 12.9. The van der Waals surface area contributed by atoms with Crippen LogP contribution in [0.5, 0.6) is 5.75 Å². The Morgan fingerprint density at radius 1 is 1.07 bits per heavy atom. The molecule has 0 bridgehead atoms. The van der Waals surface area contributed by atoms with Gasteiger partial charge in [-0.15, -0.1) is 0 Å². The summed E-state index contributed by atoms with van der Waals surface area (Å²) in [7, 11) is 0. The van der Waals surface area contributed by atoms with Crippen molar-refractivity contribution in [3.63, 3.8) is 0 Å². The molecule has 0 amide bonds. The molecular formula is C19H13BrClNO5. The minimum Gasteiger partial charge on any atom is -0.461 e. The normalized spacial score (nSPS) is 17.7. The van der Waals surface area contributed by atoms with Crippen LogP contribution in [0.4, 0.5) is 0 Å². The molecule has 0 radical (unpaired) electrons.